The number of methoxy groups -OCH3 is 1. The molecule has 0 atom stereocenters. The molecule has 1 heterocycles. The highest BCUT2D eigenvalue weighted by Crippen LogP contribution is 2.20. The van der Waals surface area contributed by atoms with Crippen LogP contribution in [0.25, 0.3) is 0 Å². The summed E-state index contributed by atoms with van der Waals surface area (Å²) in [6.07, 6.45) is 1.54. The molecule has 0 bridgehead atoms. The first-order chi connectivity index (χ1) is 11.9. The van der Waals surface area contributed by atoms with Crippen LogP contribution in [0.3, 0.4) is 0 Å². The Labute approximate surface area is 145 Å². The Balaban J connectivity index is 2.21. The molecule has 2 rings (SSSR count). The SMILES string of the molecule is COC(=O)c1ccccc1S(=O)(=O)N(C)C(=O)CNc1ccccn1. The lowest BCUT2D eigenvalue weighted by molar-refractivity contribution is -0.123. The summed E-state index contributed by atoms with van der Waals surface area (Å²) in [7, 11) is -1.92. The molecule has 1 aromatic heterocycles. The summed E-state index contributed by atoms with van der Waals surface area (Å²) in [6, 6.07) is 10.6. The molecule has 0 unspecified atom stereocenters. The van der Waals surface area contributed by atoms with E-state index >= 15 is 0 Å². The fraction of sp³-hybridized carbons (Fsp3) is 0.188. The summed E-state index contributed by atoms with van der Waals surface area (Å²) in [5.74, 6) is -1.06. The lowest BCUT2D eigenvalue weighted by Gasteiger charge is -2.19. The number of esters is 1. The fourth-order valence-electron chi connectivity index (χ4n) is 2.00. The molecule has 0 radical (unpaired) electrons. The molecule has 2 aromatic rings. The number of aromatic nitrogens is 1. The Morgan fingerprint density at radius 2 is 1.84 bits per heavy atom. The van der Waals surface area contributed by atoms with Crippen molar-refractivity contribution in [2.45, 2.75) is 4.90 Å². The summed E-state index contributed by atoms with van der Waals surface area (Å²) in [4.78, 5) is 27.7. The Morgan fingerprint density at radius 1 is 1.16 bits per heavy atom. The molecule has 9 heteroatoms. The first-order valence-corrected chi connectivity index (χ1v) is 8.66. The normalized spacial score (nSPS) is 10.8. The molecule has 0 aliphatic carbocycles. The number of hydrogen-bond donors (Lipinski definition) is 1. The molecule has 0 aliphatic heterocycles. The largest absolute Gasteiger partial charge is 0.465 e. The van der Waals surface area contributed by atoms with Crippen molar-refractivity contribution >= 4 is 27.7 Å². The van der Waals surface area contributed by atoms with E-state index in [9.17, 15) is 18.0 Å². The van der Waals surface area contributed by atoms with Crippen molar-refractivity contribution < 1.29 is 22.7 Å². The van der Waals surface area contributed by atoms with Crippen molar-refractivity contribution in [2.24, 2.45) is 0 Å². The van der Waals surface area contributed by atoms with E-state index in [1.165, 1.54) is 24.3 Å². The van der Waals surface area contributed by atoms with Crippen LogP contribution in [0.4, 0.5) is 5.82 Å². The van der Waals surface area contributed by atoms with Gasteiger partial charge in [-0.05, 0) is 24.3 Å². The fourth-order valence-corrected chi connectivity index (χ4v) is 3.30. The monoisotopic (exact) mass is 363 g/mol. The third-order valence-corrected chi connectivity index (χ3v) is 5.20. The topological polar surface area (TPSA) is 106 Å². The molecule has 0 saturated carbocycles. The number of benzene rings is 1. The number of carbonyl (C=O) groups excluding carboxylic acids is 2. The Morgan fingerprint density at radius 3 is 2.48 bits per heavy atom. The maximum atomic E-state index is 12.7. The Bertz CT molecular complexity index is 868. The summed E-state index contributed by atoms with van der Waals surface area (Å²) in [6.45, 7) is -0.271. The van der Waals surface area contributed by atoms with Gasteiger partial charge in [0.2, 0.25) is 0 Å². The summed E-state index contributed by atoms with van der Waals surface area (Å²) < 4.78 is 30.5. The van der Waals surface area contributed by atoms with Gasteiger partial charge in [-0.2, -0.15) is 0 Å². The molecule has 0 saturated heterocycles. The number of amides is 1. The van der Waals surface area contributed by atoms with Crippen molar-refractivity contribution in [2.75, 3.05) is 26.0 Å². The van der Waals surface area contributed by atoms with Crippen LogP contribution in [0.5, 0.6) is 0 Å². The van der Waals surface area contributed by atoms with Gasteiger partial charge in [0.15, 0.2) is 0 Å². The zero-order chi connectivity index (χ0) is 18.4. The van der Waals surface area contributed by atoms with Crippen molar-refractivity contribution in [1.82, 2.24) is 9.29 Å². The van der Waals surface area contributed by atoms with E-state index in [-0.39, 0.29) is 17.0 Å². The van der Waals surface area contributed by atoms with Gasteiger partial charge in [0, 0.05) is 13.2 Å². The highest BCUT2D eigenvalue weighted by molar-refractivity contribution is 7.89. The van der Waals surface area contributed by atoms with E-state index in [4.69, 9.17) is 0 Å². The molecule has 0 spiro atoms. The Hall–Kier alpha value is -2.94. The van der Waals surface area contributed by atoms with Crippen LogP contribution >= 0.6 is 0 Å². The van der Waals surface area contributed by atoms with Gasteiger partial charge in [0.25, 0.3) is 15.9 Å². The molecular weight excluding hydrogens is 346 g/mol. The smallest absolute Gasteiger partial charge is 0.339 e. The second-order valence-corrected chi connectivity index (χ2v) is 6.86. The quantitative estimate of drug-likeness (QED) is 0.767. The number of ether oxygens (including phenoxy) is 1. The average molecular weight is 363 g/mol. The third-order valence-electron chi connectivity index (χ3n) is 3.37. The maximum absolute atomic E-state index is 12.7. The molecular formula is C16H17N3O5S. The number of sulfonamides is 1. The van der Waals surface area contributed by atoms with E-state index < -0.39 is 21.9 Å². The van der Waals surface area contributed by atoms with Crippen molar-refractivity contribution in [3.8, 4) is 0 Å². The van der Waals surface area contributed by atoms with Crippen LogP contribution in [0.15, 0.2) is 53.6 Å². The van der Waals surface area contributed by atoms with Gasteiger partial charge in [-0.25, -0.2) is 22.5 Å². The van der Waals surface area contributed by atoms with E-state index in [1.54, 1.807) is 24.4 Å². The summed E-state index contributed by atoms with van der Waals surface area (Å²) in [5, 5.41) is 2.74. The minimum Gasteiger partial charge on any atom is -0.465 e. The van der Waals surface area contributed by atoms with Crippen LogP contribution in [0.2, 0.25) is 0 Å². The molecule has 25 heavy (non-hydrogen) atoms. The zero-order valence-electron chi connectivity index (χ0n) is 13.7. The lowest BCUT2D eigenvalue weighted by Crippen LogP contribution is -2.37. The molecule has 1 N–H and O–H groups in total. The number of rotatable bonds is 6. The number of anilines is 1. The first-order valence-electron chi connectivity index (χ1n) is 7.22. The molecule has 0 aliphatic rings. The highest BCUT2D eigenvalue weighted by Gasteiger charge is 2.29. The van der Waals surface area contributed by atoms with Crippen LogP contribution in [-0.2, 0) is 19.6 Å². The van der Waals surface area contributed by atoms with E-state index in [1.807, 2.05) is 0 Å². The number of pyridine rings is 1. The maximum Gasteiger partial charge on any atom is 0.339 e. The van der Waals surface area contributed by atoms with E-state index in [0.717, 1.165) is 14.2 Å². The summed E-state index contributed by atoms with van der Waals surface area (Å²) >= 11 is 0. The zero-order valence-corrected chi connectivity index (χ0v) is 14.5. The predicted molar refractivity (Wildman–Crippen MR) is 90.5 cm³/mol. The van der Waals surface area contributed by atoms with Crippen molar-refractivity contribution in [1.29, 1.82) is 0 Å². The second-order valence-electron chi connectivity index (χ2n) is 4.92. The van der Waals surface area contributed by atoms with E-state index in [2.05, 4.69) is 15.0 Å². The number of likely N-dealkylation sites (N-methyl/N-ethyl adjacent to an activating group) is 1. The van der Waals surface area contributed by atoms with E-state index in [0.29, 0.717) is 10.1 Å². The van der Waals surface area contributed by atoms with Gasteiger partial charge in [-0.15, -0.1) is 0 Å². The highest BCUT2D eigenvalue weighted by atomic mass is 32.2. The molecule has 1 aromatic carbocycles. The van der Waals surface area contributed by atoms with Crippen LogP contribution in [0.1, 0.15) is 10.4 Å². The third kappa shape index (κ3) is 4.13. The molecule has 1 amide bonds. The number of hydrogen-bond acceptors (Lipinski definition) is 7. The molecule has 0 fully saturated rings. The van der Waals surface area contributed by atoms with Gasteiger partial charge in [0.05, 0.1) is 19.2 Å². The molecule has 8 nitrogen and oxygen atoms in total. The van der Waals surface area contributed by atoms with Crippen LogP contribution in [0, 0.1) is 0 Å². The van der Waals surface area contributed by atoms with Crippen molar-refractivity contribution in [3.05, 3.63) is 54.2 Å². The lowest BCUT2D eigenvalue weighted by atomic mass is 10.2. The second kappa shape index (κ2) is 7.75. The van der Waals surface area contributed by atoms with Crippen molar-refractivity contribution in [3.63, 3.8) is 0 Å². The average Bonchev–Trinajstić information content (AvgIpc) is 2.65. The minimum atomic E-state index is -4.21. The number of nitrogens with zero attached hydrogens (tertiary/aromatic N) is 2. The predicted octanol–water partition coefficient (Wildman–Crippen LogP) is 1.13. The molecule has 132 valence electrons. The number of nitrogens with one attached hydrogen (secondary N) is 1. The summed E-state index contributed by atoms with van der Waals surface area (Å²) in [5.41, 5.74) is -0.137. The van der Waals surface area contributed by atoms with Gasteiger partial charge in [-0.1, -0.05) is 18.2 Å². The van der Waals surface area contributed by atoms with Crippen LogP contribution in [-0.4, -0.2) is 50.3 Å². The van der Waals surface area contributed by atoms with Crippen LogP contribution < -0.4 is 5.32 Å². The van der Waals surface area contributed by atoms with Gasteiger partial charge in [0.1, 0.15) is 10.7 Å². The minimum absolute atomic E-state index is 0.137. The Kier molecular flexibility index (Phi) is 5.71. The van der Waals surface area contributed by atoms with Gasteiger partial charge < -0.3 is 10.1 Å². The standard InChI is InChI=1S/C16H17N3O5S/c1-19(15(20)11-18-14-9-5-6-10-17-14)25(22,23)13-8-4-3-7-12(13)16(21)24-2/h3-10H,11H2,1-2H3,(H,17,18). The van der Waals surface area contributed by atoms with Gasteiger partial charge in [-0.3, -0.25) is 4.79 Å². The van der Waals surface area contributed by atoms with Gasteiger partial charge >= 0.3 is 5.97 Å². The first kappa shape index (κ1) is 18.4. The number of carbonyl (C=O) groups is 2.